The third-order valence-corrected chi connectivity index (χ3v) is 7.42. The van der Waals surface area contributed by atoms with E-state index >= 15 is 0 Å². The molecule has 1 saturated carbocycles. The molecule has 0 amide bonds. The van der Waals surface area contributed by atoms with Gasteiger partial charge in [0.1, 0.15) is 0 Å². The standard InChI is InChI=1S/C30H42O2.2BrH.2Mg/c31-29(27-19-11-9-12-20-27)23-15-5-1-2-6-16-24-30(32,28-21-13-10-14-22-28)26-18-8-4-3-7-17-25-29;;;;/h9-14,19-22H,1-8,15-18,23-26H2;2*1H;;/q-2;;;2*+2/p-2. The van der Waals surface area contributed by atoms with Gasteiger partial charge in [0.05, 0.1) is 0 Å². The summed E-state index contributed by atoms with van der Waals surface area (Å²) in [6.45, 7) is 0. The van der Waals surface area contributed by atoms with E-state index in [4.69, 9.17) is 0 Å². The van der Waals surface area contributed by atoms with Gasteiger partial charge in [0.2, 0.25) is 0 Å². The molecule has 6 heteroatoms. The molecule has 0 unspecified atom stereocenters. The van der Waals surface area contributed by atoms with E-state index in [1.54, 1.807) is 0 Å². The third kappa shape index (κ3) is 13.3. The molecule has 2 aromatic carbocycles. The van der Waals surface area contributed by atoms with Crippen LogP contribution in [0.25, 0.3) is 0 Å². The molecule has 0 atom stereocenters. The summed E-state index contributed by atoms with van der Waals surface area (Å²) in [7, 11) is 0. The Kier molecular flexibility index (Phi) is 23.5. The van der Waals surface area contributed by atoms with Gasteiger partial charge in [0.25, 0.3) is 0 Å². The smallest absolute Gasteiger partial charge is 1.00 e. The monoisotopic (exact) mass is 640 g/mol. The molecule has 0 bridgehead atoms. The average molecular weight is 643 g/mol. The van der Waals surface area contributed by atoms with Crippen LogP contribution in [0.2, 0.25) is 0 Å². The minimum atomic E-state index is -0.926. The molecule has 0 saturated heterocycles. The van der Waals surface area contributed by atoms with Crippen LogP contribution in [-0.4, -0.2) is 46.1 Å². The van der Waals surface area contributed by atoms with Gasteiger partial charge in [-0.25, -0.2) is 0 Å². The second-order valence-electron chi connectivity index (χ2n) is 9.96. The molecule has 192 valence electrons. The predicted octanol–water partition coefficient (Wildman–Crippen LogP) is -0.000400. The first-order valence-electron chi connectivity index (χ1n) is 13.1. The summed E-state index contributed by atoms with van der Waals surface area (Å²) in [5, 5.41) is 27.4. The Morgan fingerprint density at radius 2 is 0.611 bits per heavy atom. The summed E-state index contributed by atoms with van der Waals surface area (Å²) in [5.74, 6) is 0. The summed E-state index contributed by atoms with van der Waals surface area (Å²) in [4.78, 5) is 0. The Morgan fingerprint density at radius 1 is 0.389 bits per heavy atom. The molecule has 1 fully saturated rings. The SMILES string of the molecule is [Br-].[Br-].[Mg+2].[Mg+2].[O-]C1(c2ccccc2)CCCCCCCCC([O-])(c2ccccc2)CCCCCCCC1. The summed E-state index contributed by atoms with van der Waals surface area (Å²) in [6, 6.07) is 20.1. The molecule has 2 nitrogen and oxygen atoms in total. The molecule has 36 heavy (non-hydrogen) atoms. The summed E-state index contributed by atoms with van der Waals surface area (Å²) in [5.41, 5.74) is 0.0962. The summed E-state index contributed by atoms with van der Waals surface area (Å²) >= 11 is 0. The zero-order valence-corrected chi connectivity index (χ0v) is 28.1. The van der Waals surface area contributed by atoms with E-state index in [2.05, 4.69) is 0 Å². The predicted molar refractivity (Wildman–Crippen MR) is 142 cm³/mol. The van der Waals surface area contributed by atoms with Gasteiger partial charge in [-0.15, -0.1) is 0 Å². The maximum atomic E-state index is 13.7. The van der Waals surface area contributed by atoms with Crippen molar-refractivity contribution in [3.05, 3.63) is 71.8 Å². The topological polar surface area (TPSA) is 46.1 Å². The van der Waals surface area contributed by atoms with E-state index in [1.807, 2.05) is 60.7 Å². The number of rotatable bonds is 2. The van der Waals surface area contributed by atoms with Crippen LogP contribution < -0.4 is 44.2 Å². The van der Waals surface area contributed by atoms with Crippen molar-refractivity contribution >= 4 is 46.1 Å². The normalized spacial score (nSPS) is 24.7. The molecule has 1 aliphatic rings. The van der Waals surface area contributed by atoms with E-state index in [0.717, 1.165) is 88.2 Å². The Labute approximate surface area is 273 Å². The van der Waals surface area contributed by atoms with Gasteiger partial charge in [-0.2, -0.15) is 0 Å². The first kappa shape index (κ1) is 39.0. The number of hydrogen-bond acceptors (Lipinski definition) is 2. The minimum Gasteiger partial charge on any atom is -1.00 e. The van der Waals surface area contributed by atoms with Crippen LogP contribution >= 0.6 is 0 Å². The molecule has 0 spiro atoms. The maximum Gasteiger partial charge on any atom is 2.00 e. The Morgan fingerprint density at radius 3 is 0.861 bits per heavy atom. The van der Waals surface area contributed by atoms with E-state index in [9.17, 15) is 10.2 Å². The quantitative estimate of drug-likeness (QED) is 0.434. The fourth-order valence-corrected chi connectivity index (χ4v) is 5.37. The van der Waals surface area contributed by atoms with Crippen molar-refractivity contribution in [3.8, 4) is 0 Å². The van der Waals surface area contributed by atoms with Crippen molar-refractivity contribution in [2.75, 3.05) is 0 Å². The molecular formula is C30H42Br2Mg2O2. The van der Waals surface area contributed by atoms with E-state index in [1.165, 1.54) is 25.7 Å². The van der Waals surface area contributed by atoms with Crippen LogP contribution in [-0.2, 0) is 11.2 Å². The van der Waals surface area contributed by atoms with E-state index < -0.39 is 11.2 Å². The first-order chi connectivity index (χ1) is 15.6. The van der Waals surface area contributed by atoms with Gasteiger partial charge >= 0.3 is 46.1 Å². The molecule has 0 N–H and O–H groups in total. The van der Waals surface area contributed by atoms with Crippen LogP contribution in [0.5, 0.6) is 0 Å². The molecule has 0 aromatic heterocycles. The fraction of sp³-hybridized carbons (Fsp3) is 0.600. The minimum absolute atomic E-state index is 0. The molecule has 0 radical (unpaired) electrons. The van der Waals surface area contributed by atoms with Crippen LogP contribution in [0.3, 0.4) is 0 Å². The number of halogens is 2. The Balaban J connectivity index is 0. The fourth-order valence-electron chi connectivity index (χ4n) is 5.37. The van der Waals surface area contributed by atoms with Crippen molar-refractivity contribution in [3.63, 3.8) is 0 Å². The Hall–Kier alpha value is 0.852. The van der Waals surface area contributed by atoms with Gasteiger partial charge in [-0.1, -0.05) is 186 Å². The molecular weight excluding hydrogens is 601 g/mol. The van der Waals surface area contributed by atoms with Crippen molar-refractivity contribution in [2.45, 2.75) is 114 Å². The van der Waals surface area contributed by atoms with Crippen molar-refractivity contribution in [2.24, 2.45) is 0 Å². The van der Waals surface area contributed by atoms with Crippen molar-refractivity contribution in [1.82, 2.24) is 0 Å². The maximum absolute atomic E-state index is 13.7. The van der Waals surface area contributed by atoms with Crippen molar-refractivity contribution in [1.29, 1.82) is 0 Å². The van der Waals surface area contributed by atoms with E-state index in [0.29, 0.717) is 0 Å². The number of hydrogen-bond donors (Lipinski definition) is 0. The zero-order chi connectivity index (χ0) is 22.5. The third-order valence-electron chi connectivity index (χ3n) is 7.42. The second kappa shape index (κ2) is 21.6. The second-order valence-corrected chi connectivity index (χ2v) is 9.96. The van der Waals surface area contributed by atoms with Crippen LogP contribution in [0.1, 0.15) is 114 Å². The van der Waals surface area contributed by atoms with Crippen LogP contribution in [0.15, 0.2) is 60.7 Å². The van der Waals surface area contributed by atoms with Gasteiger partial charge < -0.3 is 44.2 Å². The van der Waals surface area contributed by atoms with Gasteiger partial charge in [-0.05, 0) is 0 Å². The average Bonchev–Trinajstić information content (AvgIpc) is 2.83. The van der Waals surface area contributed by atoms with E-state index in [-0.39, 0.29) is 80.1 Å². The Bertz CT molecular complexity index is 677. The number of benzene rings is 2. The molecule has 2 aromatic rings. The summed E-state index contributed by atoms with van der Waals surface area (Å²) < 4.78 is 0. The van der Waals surface area contributed by atoms with Gasteiger partial charge in [-0.3, -0.25) is 0 Å². The molecule has 3 rings (SSSR count). The van der Waals surface area contributed by atoms with Crippen LogP contribution in [0, 0.1) is 0 Å². The largest absolute Gasteiger partial charge is 2.00 e. The molecule has 0 aliphatic heterocycles. The molecule has 0 heterocycles. The zero-order valence-electron chi connectivity index (χ0n) is 22.1. The first-order valence-corrected chi connectivity index (χ1v) is 13.1. The summed E-state index contributed by atoms with van der Waals surface area (Å²) in [6.07, 6.45) is 16.2. The van der Waals surface area contributed by atoms with Gasteiger partial charge in [0, 0.05) is 0 Å². The van der Waals surface area contributed by atoms with Crippen LogP contribution in [0.4, 0.5) is 0 Å². The molecule has 1 aliphatic carbocycles. The van der Waals surface area contributed by atoms with Crippen molar-refractivity contribution < 1.29 is 44.2 Å². The van der Waals surface area contributed by atoms with Gasteiger partial charge in [0.15, 0.2) is 0 Å².